The second-order valence-electron chi connectivity index (χ2n) is 4.05. The molecule has 0 aliphatic carbocycles. The number of rotatable bonds is 2. The Balaban J connectivity index is 1.93. The Morgan fingerprint density at radius 3 is 3.00 bits per heavy atom. The van der Waals surface area contributed by atoms with Crippen molar-refractivity contribution in [3.63, 3.8) is 0 Å². The van der Waals surface area contributed by atoms with Gasteiger partial charge in [0.15, 0.2) is 0 Å². The van der Waals surface area contributed by atoms with E-state index in [1.54, 1.807) is 24.5 Å². The molecule has 0 radical (unpaired) electrons. The van der Waals surface area contributed by atoms with Crippen LogP contribution in [0.4, 0.5) is 0 Å². The minimum atomic E-state index is -3.48. The van der Waals surface area contributed by atoms with Gasteiger partial charge < -0.3 is 4.52 Å². The van der Waals surface area contributed by atoms with Crippen molar-refractivity contribution >= 4 is 10.0 Å². The molecule has 0 unspecified atom stereocenters. The van der Waals surface area contributed by atoms with Gasteiger partial charge in [-0.2, -0.15) is 4.31 Å². The predicted octanol–water partition coefficient (Wildman–Crippen LogP) is 0.817. The molecule has 7 heteroatoms. The zero-order valence-electron chi connectivity index (χ0n) is 9.48. The summed E-state index contributed by atoms with van der Waals surface area (Å²) >= 11 is 0. The van der Waals surface area contributed by atoms with Crippen molar-refractivity contribution in [2.24, 2.45) is 0 Å². The van der Waals surface area contributed by atoms with Crippen molar-refractivity contribution in [1.29, 1.82) is 0 Å². The molecule has 0 N–H and O–H groups in total. The minimum absolute atomic E-state index is 0.213. The average molecular weight is 265 g/mol. The summed E-state index contributed by atoms with van der Waals surface area (Å²) in [5.74, 6) is 0.771. The zero-order valence-corrected chi connectivity index (χ0v) is 10.3. The number of sulfonamides is 1. The monoisotopic (exact) mass is 265 g/mol. The molecule has 0 fully saturated rings. The van der Waals surface area contributed by atoms with Gasteiger partial charge in [-0.05, 0) is 12.1 Å². The first kappa shape index (κ1) is 11.4. The first-order valence-corrected chi connectivity index (χ1v) is 6.94. The number of fused-ring (bicyclic) bond motifs is 1. The van der Waals surface area contributed by atoms with E-state index in [2.05, 4.69) is 10.1 Å². The van der Waals surface area contributed by atoms with Gasteiger partial charge in [0.05, 0.1) is 6.20 Å². The van der Waals surface area contributed by atoms with E-state index in [-0.39, 0.29) is 4.90 Å². The standard InChI is InChI=1S/C11H11N3O3S/c15-18(16,10-2-1-4-12-7-10)14-5-3-11-9(8-14)6-13-17-11/h1-2,4,6-7H,3,5,8H2. The van der Waals surface area contributed by atoms with Crippen molar-refractivity contribution in [3.05, 3.63) is 42.0 Å². The predicted molar refractivity (Wildman–Crippen MR) is 62.0 cm³/mol. The summed E-state index contributed by atoms with van der Waals surface area (Å²) < 4.78 is 31.2. The Hall–Kier alpha value is -1.73. The summed E-state index contributed by atoms with van der Waals surface area (Å²) in [6, 6.07) is 3.16. The zero-order chi connectivity index (χ0) is 12.6. The average Bonchev–Trinajstić information content (AvgIpc) is 2.87. The van der Waals surface area contributed by atoms with Gasteiger partial charge in [0, 0.05) is 37.5 Å². The van der Waals surface area contributed by atoms with Crippen molar-refractivity contribution in [2.45, 2.75) is 17.9 Å². The Morgan fingerprint density at radius 1 is 1.33 bits per heavy atom. The highest BCUT2D eigenvalue weighted by Crippen LogP contribution is 2.23. The van der Waals surface area contributed by atoms with Crippen molar-refractivity contribution in [1.82, 2.24) is 14.4 Å². The molecule has 6 nitrogen and oxygen atoms in total. The maximum absolute atomic E-state index is 12.4. The fourth-order valence-electron chi connectivity index (χ4n) is 1.97. The fraction of sp³-hybridized carbons (Fsp3) is 0.273. The van der Waals surface area contributed by atoms with E-state index in [1.165, 1.54) is 10.5 Å². The van der Waals surface area contributed by atoms with Gasteiger partial charge >= 0.3 is 0 Å². The lowest BCUT2D eigenvalue weighted by atomic mass is 10.1. The molecule has 3 heterocycles. The Morgan fingerprint density at radius 2 is 2.22 bits per heavy atom. The summed E-state index contributed by atoms with van der Waals surface area (Å²) in [6.07, 6.45) is 5.03. The quantitative estimate of drug-likeness (QED) is 0.803. The molecule has 2 aromatic rings. The van der Waals surface area contributed by atoms with Crippen LogP contribution < -0.4 is 0 Å². The molecule has 0 spiro atoms. The summed E-state index contributed by atoms with van der Waals surface area (Å²) in [5, 5.41) is 3.68. The highest BCUT2D eigenvalue weighted by Gasteiger charge is 2.30. The van der Waals surface area contributed by atoms with E-state index >= 15 is 0 Å². The third-order valence-corrected chi connectivity index (χ3v) is 4.77. The van der Waals surface area contributed by atoms with Gasteiger partial charge in [-0.15, -0.1) is 0 Å². The lowest BCUT2D eigenvalue weighted by Crippen LogP contribution is -2.35. The third kappa shape index (κ3) is 1.81. The van der Waals surface area contributed by atoms with E-state index < -0.39 is 10.0 Å². The van der Waals surface area contributed by atoms with Crippen LogP contribution in [-0.2, 0) is 23.0 Å². The number of aromatic nitrogens is 2. The van der Waals surface area contributed by atoms with Crippen molar-refractivity contribution in [3.8, 4) is 0 Å². The van der Waals surface area contributed by atoms with E-state index in [1.807, 2.05) is 0 Å². The van der Waals surface area contributed by atoms with Gasteiger partial charge in [-0.25, -0.2) is 8.42 Å². The number of nitrogens with zero attached hydrogens (tertiary/aromatic N) is 3. The molecule has 1 aliphatic rings. The van der Waals surface area contributed by atoms with E-state index in [4.69, 9.17) is 4.52 Å². The van der Waals surface area contributed by atoms with Crippen LogP contribution in [0.2, 0.25) is 0 Å². The number of hydrogen-bond acceptors (Lipinski definition) is 5. The van der Waals surface area contributed by atoms with Gasteiger partial charge in [-0.1, -0.05) is 5.16 Å². The van der Waals surface area contributed by atoms with Crippen LogP contribution in [0, 0.1) is 0 Å². The molecule has 0 bridgehead atoms. The molecule has 18 heavy (non-hydrogen) atoms. The van der Waals surface area contributed by atoms with Gasteiger partial charge in [0.1, 0.15) is 10.7 Å². The maximum atomic E-state index is 12.4. The van der Waals surface area contributed by atoms with Crippen LogP contribution in [-0.4, -0.2) is 29.4 Å². The summed E-state index contributed by atoms with van der Waals surface area (Å²) in [7, 11) is -3.48. The lowest BCUT2D eigenvalue weighted by Gasteiger charge is -2.24. The third-order valence-electron chi connectivity index (χ3n) is 2.94. The Labute approximate surface area is 104 Å². The Kier molecular flexibility index (Phi) is 2.64. The first-order valence-electron chi connectivity index (χ1n) is 5.50. The normalized spacial score (nSPS) is 16.4. The Bertz CT molecular complexity index is 651. The van der Waals surface area contributed by atoms with Gasteiger partial charge in [-0.3, -0.25) is 4.98 Å². The topological polar surface area (TPSA) is 76.3 Å². The minimum Gasteiger partial charge on any atom is -0.361 e. The van der Waals surface area contributed by atoms with E-state index in [0.29, 0.717) is 19.5 Å². The number of pyridine rings is 1. The van der Waals surface area contributed by atoms with Gasteiger partial charge in [0.25, 0.3) is 0 Å². The van der Waals surface area contributed by atoms with Crippen LogP contribution in [0.1, 0.15) is 11.3 Å². The van der Waals surface area contributed by atoms with Crippen LogP contribution >= 0.6 is 0 Å². The second kappa shape index (κ2) is 4.18. The highest BCUT2D eigenvalue weighted by atomic mass is 32.2. The maximum Gasteiger partial charge on any atom is 0.244 e. The molecule has 94 valence electrons. The summed E-state index contributed by atoms with van der Waals surface area (Å²) in [5.41, 5.74) is 0.828. The molecule has 2 aromatic heterocycles. The highest BCUT2D eigenvalue weighted by molar-refractivity contribution is 7.89. The van der Waals surface area contributed by atoms with E-state index in [9.17, 15) is 8.42 Å². The molecule has 1 aliphatic heterocycles. The molecule has 0 amide bonds. The van der Waals surface area contributed by atoms with Crippen LogP contribution in [0.25, 0.3) is 0 Å². The van der Waals surface area contributed by atoms with Gasteiger partial charge in [0.2, 0.25) is 10.0 Å². The molecular formula is C11H11N3O3S. The molecule has 3 rings (SSSR count). The molecule has 0 saturated carbocycles. The molecular weight excluding hydrogens is 254 g/mol. The van der Waals surface area contributed by atoms with Crippen LogP contribution in [0.15, 0.2) is 40.1 Å². The van der Waals surface area contributed by atoms with Crippen molar-refractivity contribution in [2.75, 3.05) is 6.54 Å². The molecule has 0 atom stereocenters. The SMILES string of the molecule is O=S(=O)(c1cccnc1)N1CCc2oncc2C1. The smallest absolute Gasteiger partial charge is 0.244 e. The fourth-order valence-corrected chi connectivity index (χ4v) is 3.35. The largest absolute Gasteiger partial charge is 0.361 e. The molecule has 0 saturated heterocycles. The molecule has 0 aromatic carbocycles. The summed E-state index contributed by atoms with van der Waals surface area (Å²) in [6.45, 7) is 0.704. The second-order valence-corrected chi connectivity index (χ2v) is 5.99. The van der Waals surface area contributed by atoms with Crippen LogP contribution in [0.5, 0.6) is 0 Å². The van der Waals surface area contributed by atoms with E-state index in [0.717, 1.165) is 11.3 Å². The first-order chi connectivity index (χ1) is 8.68. The van der Waals surface area contributed by atoms with Crippen molar-refractivity contribution < 1.29 is 12.9 Å². The number of hydrogen-bond donors (Lipinski definition) is 0. The van der Waals surface area contributed by atoms with Crippen LogP contribution in [0.3, 0.4) is 0 Å². The lowest BCUT2D eigenvalue weighted by molar-refractivity contribution is 0.331. The summed E-state index contributed by atoms with van der Waals surface area (Å²) in [4.78, 5) is 4.06.